The minimum Gasteiger partial charge on any atom is -0.497 e. The van der Waals surface area contributed by atoms with E-state index in [2.05, 4.69) is 5.10 Å². The van der Waals surface area contributed by atoms with Gasteiger partial charge in [-0.3, -0.25) is 0 Å². The zero-order valence-corrected chi connectivity index (χ0v) is 8.40. The molecule has 1 aromatic carbocycles. The summed E-state index contributed by atoms with van der Waals surface area (Å²) in [6.45, 7) is 0. The number of hydrogen-bond acceptors (Lipinski definition) is 2. The average Bonchev–Trinajstić information content (AvgIpc) is 2.65. The Bertz CT molecular complexity index is 422. The summed E-state index contributed by atoms with van der Waals surface area (Å²) in [6, 6.07) is 9.28. The standard InChI is InChI=1S/C10H9ClN2O/c1-14-9-4-2-8(3-5-9)13-10(11)6-7-12-13/h2-7H,1H3. The lowest BCUT2D eigenvalue weighted by atomic mass is 10.3. The molecule has 2 rings (SSSR count). The van der Waals surface area contributed by atoms with Crippen molar-refractivity contribution in [3.63, 3.8) is 0 Å². The van der Waals surface area contributed by atoms with Gasteiger partial charge in [0.05, 0.1) is 19.0 Å². The number of rotatable bonds is 2. The Balaban J connectivity index is 2.39. The smallest absolute Gasteiger partial charge is 0.132 e. The highest BCUT2D eigenvalue weighted by molar-refractivity contribution is 6.29. The lowest BCUT2D eigenvalue weighted by Gasteiger charge is -2.04. The van der Waals surface area contributed by atoms with Gasteiger partial charge in [0.2, 0.25) is 0 Å². The predicted octanol–water partition coefficient (Wildman–Crippen LogP) is 2.53. The summed E-state index contributed by atoms with van der Waals surface area (Å²) in [4.78, 5) is 0. The first-order chi connectivity index (χ1) is 6.81. The Kier molecular flexibility index (Phi) is 2.41. The van der Waals surface area contributed by atoms with Crippen LogP contribution in [0.15, 0.2) is 36.5 Å². The molecule has 0 aliphatic carbocycles. The maximum Gasteiger partial charge on any atom is 0.132 e. The van der Waals surface area contributed by atoms with E-state index in [-0.39, 0.29) is 0 Å². The minimum absolute atomic E-state index is 0.593. The molecular weight excluding hydrogens is 200 g/mol. The summed E-state index contributed by atoms with van der Waals surface area (Å²) < 4.78 is 6.71. The normalized spacial score (nSPS) is 10.1. The van der Waals surface area contributed by atoms with Crippen molar-refractivity contribution in [1.82, 2.24) is 9.78 Å². The summed E-state index contributed by atoms with van der Waals surface area (Å²) in [5.41, 5.74) is 0.917. The number of nitrogens with zero attached hydrogens (tertiary/aromatic N) is 2. The van der Waals surface area contributed by atoms with Gasteiger partial charge in [-0.05, 0) is 30.3 Å². The maximum absolute atomic E-state index is 5.92. The van der Waals surface area contributed by atoms with Gasteiger partial charge in [0.1, 0.15) is 10.9 Å². The highest BCUT2D eigenvalue weighted by atomic mass is 35.5. The second-order valence-electron chi connectivity index (χ2n) is 2.76. The molecule has 0 spiro atoms. The monoisotopic (exact) mass is 208 g/mol. The van der Waals surface area contributed by atoms with Crippen molar-refractivity contribution in [1.29, 1.82) is 0 Å². The van der Waals surface area contributed by atoms with Crippen LogP contribution < -0.4 is 4.74 Å². The molecule has 0 saturated heterocycles. The zero-order valence-electron chi connectivity index (χ0n) is 7.64. The minimum atomic E-state index is 0.593. The molecule has 0 radical (unpaired) electrons. The van der Waals surface area contributed by atoms with Crippen LogP contribution in [0.3, 0.4) is 0 Å². The lowest BCUT2D eigenvalue weighted by molar-refractivity contribution is 0.414. The lowest BCUT2D eigenvalue weighted by Crippen LogP contribution is -1.95. The number of hydrogen-bond donors (Lipinski definition) is 0. The fourth-order valence-electron chi connectivity index (χ4n) is 1.20. The first-order valence-electron chi connectivity index (χ1n) is 4.15. The molecule has 4 heteroatoms. The fourth-order valence-corrected chi connectivity index (χ4v) is 1.40. The third kappa shape index (κ3) is 1.59. The SMILES string of the molecule is COc1ccc(-n2nccc2Cl)cc1. The third-order valence-corrected chi connectivity index (χ3v) is 2.20. The second-order valence-corrected chi connectivity index (χ2v) is 3.15. The molecule has 2 aromatic rings. The molecule has 0 unspecified atom stereocenters. The van der Waals surface area contributed by atoms with Crippen molar-refractivity contribution in [3.8, 4) is 11.4 Å². The Morgan fingerprint density at radius 3 is 2.43 bits per heavy atom. The molecule has 0 amide bonds. The van der Waals surface area contributed by atoms with Gasteiger partial charge in [0, 0.05) is 0 Å². The van der Waals surface area contributed by atoms with E-state index in [1.807, 2.05) is 24.3 Å². The van der Waals surface area contributed by atoms with E-state index in [4.69, 9.17) is 16.3 Å². The second kappa shape index (κ2) is 3.72. The predicted molar refractivity (Wildman–Crippen MR) is 55.1 cm³/mol. The van der Waals surface area contributed by atoms with E-state index in [1.54, 1.807) is 24.1 Å². The van der Waals surface area contributed by atoms with Crippen LogP contribution in [0, 0.1) is 0 Å². The number of methoxy groups -OCH3 is 1. The zero-order chi connectivity index (χ0) is 9.97. The van der Waals surface area contributed by atoms with Crippen molar-refractivity contribution in [3.05, 3.63) is 41.7 Å². The molecule has 0 saturated carbocycles. The van der Waals surface area contributed by atoms with Crippen molar-refractivity contribution < 1.29 is 4.74 Å². The Labute approximate surface area is 86.9 Å². The van der Waals surface area contributed by atoms with Crippen LogP contribution in [-0.2, 0) is 0 Å². The summed E-state index contributed by atoms with van der Waals surface area (Å²) in [5.74, 6) is 0.817. The van der Waals surface area contributed by atoms with Crippen molar-refractivity contribution in [2.24, 2.45) is 0 Å². The Morgan fingerprint density at radius 1 is 1.21 bits per heavy atom. The van der Waals surface area contributed by atoms with E-state index in [9.17, 15) is 0 Å². The molecule has 14 heavy (non-hydrogen) atoms. The van der Waals surface area contributed by atoms with Crippen LogP contribution in [0.4, 0.5) is 0 Å². The van der Waals surface area contributed by atoms with E-state index in [1.165, 1.54) is 0 Å². The highest BCUT2D eigenvalue weighted by Gasteiger charge is 2.01. The summed E-state index contributed by atoms with van der Waals surface area (Å²) in [7, 11) is 1.63. The van der Waals surface area contributed by atoms with Gasteiger partial charge in [-0.25, -0.2) is 4.68 Å². The number of halogens is 1. The van der Waals surface area contributed by atoms with Crippen LogP contribution in [0.5, 0.6) is 5.75 Å². The van der Waals surface area contributed by atoms with Gasteiger partial charge in [0.25, 0.3) is 0 Å². The largest absolute Gasteiger partial charge is 0.497 e. The molecule has 0 fully saturated rings. The van der Waals surface area contributed by atoms with Crippen LogP contribution in [0.1, 0.15) is 0 Å². The third-order valence-electron chi connectivity index (χ3n) is 1.91. The Morgan fingerprint density at radius 2 is 1.93 bits per heavy atom. The van der Waals surface area contributed by atoms with Gasteiger partial charge < -0.3 is 4.74 Å². The number of aromatic nitrogens is 2. The fraction of sp³-hybridized carbons (Fsp3) is 0.100. The molecule has 72 valence electrons. The summed E-state index contributed by atoms with van der Waals surface area (Å²) >= 11 is 5.92. The summed E-state index contributed by atoms with van der Waals surface area (Å²) in [6.07, 6.45) is 1.66. The van der Waals surface area contributed by atoms with Crippen LogP contribution in [0.2, 0.25) is 5.15 Å². The van der Waals surface area contributed by atoms with Crippen LogP contribution in [0.25, 0.3) is 5.69 Å². The number of benzene rings is 1. The van der Waals surface area contributed by atoms with Gasteiger partial charge in [-0.2, -0.15) is 5.10 Å². The highest BCUT2D eigenvalue weighted by Crippen LogP contribution is 2.17. The molecule has 3 nitrogen and oxygen atoms in total. The van der Waals surface area contributed by atoms with Crippen molar-refractivity contribution >= 4 is 11.6 Å². The molecule has 0 bridgehead atoms. The molecule has 0 N–H and O–H groups in total. The van der Waals surface area contributed by atoms with Crippen molar-refractivity contribution in [2.45, 2.75) is 0 Å². The van der Waals surface area contributed by atoms with E-state index in [0.717, 1.165) is 11.4 Å². The molecular formula is C10H9ClN2O. The van der Waals surface area contributed by atoms with Crippen molar-refractivity contribution in [2.75, 3.05) is 7.11 Å². The maximum atomic E-state index is 5.92. The van der Waals surface area contributed by atoms with Crippen LogP contribution in [-0.4, -0.2) is 16.9 Å². The first-order valence-corrected chi connectivity index (χ1v) is 4.53. The topological polar surface area (TPSA) is 27.1 Å². The van der Waals surface area contributed by atoms with Gasteiger partial charge >= 0.3 is 0 Å². The molecule has 1 aromatic heterocycles. The van der Waals surface area contributed by atoms with E-state index in [0.29, 0.717) is 5.15 Å². The Hall–Kier alpha value is -1.48. The van der Waals surface area contributed by atoms with E-state index >= 15 is 0 Å². The first kappa shape index (κ1) is 9.09. The van der Waals surface area contributed by atoms with Gasteiger partial charge in [-0.15, -0.1) is 0 Å². The molecule has 0 aliphatic heterocycles. The molecule has 0 aliphatic rings. The van der Waals surface area contributed by atoms with Gasteiger partial charge in [-0.1, -0.05) is 11.6 Å². The summed E-state index contributed by atoms with van der Waals surface area (Å²) in [5, 5.41) is 4.68. The van der Waals surface area contributed by atoms with Gasteiger partial charge in [0.15, 0.2) is 0 Å². The number of ether oxygens (including phenoxy) is 1. The quantitative estimate of drug-likeness (QED) is 0.759. The van der Waals surface area contributed by atoms with Crippen LogP contribution >= 0.6 is 11.6 Å². The van der Waals surface area contributed by atoms with E-state index < -0.39 is 0 Å². The molecule has 1 heterocycles. The average molecular weight is 209 g/mol. The molecule has 0 atom stereocenters.